The fourth-order valence-corrected chi connectivity index (χ4v) is 2.17. The Labute approximate surface area is 118 Å². The molecule has 5 heteroatoms. The number of ether oxygens (including phenoxy) is 1. The van der Waals surface area contributed by atoms with E-state index < -0.39 is 6.09 Å². The summed E-state index contributed by atoms with van der Waals surface area (Å²) in [6, 6.07) is 5.30. The van der Waals surface area contributed by atoms with E-state index in [4.69, 9.17) is 4.74 Å². The summed E-state index contributed by atoms with van der Waals surface area (Å²) in [6.07, 6.45) is 1.39. The lowest BCUT2D eigenvalue weighted by atomic mass is 9.91. The third kappa shape index (κ3) is 3.29. The number of unbranched alkanes of at least 4 members (excludes halogenated alkanes) is 1. The number of hydrogen-bond acceptors (Lipinski definition) is 3. The largest absolute Gasteiger partial charge is 0.449 e. The summed E-state index contributed by atoms with van der Waals surface area (Å²) in [4.78, 5) is 23.3. The number of carbonyl (C=O) groups excluding carboxylic acids is 2. The molecule has 2 N–H and O–H groups in total. The van der Waals surface area contributed by atoms with Crippen LogP contribution in [0.4, 0.5) is 10.5 Å². The zero-order valence-corrected chi connectivity index (χ0v) is 11.9. The maximum absolute atomic E-state index is 11.7. The van der Waals surface area contributed by atoms with E-state index >= 15 is 0 Å². The summed E-state index contributed by atoms with van der Waals surface area (Å²) in [6.45, 7) is 5.13. The summed E-state index contributed by atoms with van der Waals surface area (Å²) >= 11 is 0. The van der Waals surface area contributed by atoms with Gasteiger partial charge in [-0.15, -0.1) is 0 Å². The van der Waals surface area contributed by atoms with Gasteiger partial charge in [0.1, 0.15) is 0 Å². The molecule has 1 aromatic carbocycles. The maximum Gasteiger partial charge on any atom is 0.411 e. The Morgan fingerprint density at radius 2 is 2.30 bits per heavy atom. The highest BCUT2D eigenvalue weighted by molar-refractivity contribution is 5.98. The second-order valence-electron chi connectivity index (χ2n) is 5.03. The van der Waals surface area contributed by atoms with Crippen LogP contribution in [0.3, 0.4) is 0 Å². The Bertz CT molecular complexity index is 514. The van der Waals surface area contributed by atoms with Crippen molar-refractivity contribution in [3.63, 3.8) is 0 Å². The first-order chi connectivity index (χ1) is 9.61. The monoisotopic (exact) mass is 276 g/mol. The summed E-state index contributed by atoms with van der Waals surface area (Å²) in [5, 5.41) is 5.53. The molecule has 20 heavy (non-hydrogen) atoms. The van der Waals surface area contributed by atoms with Gasteiger partial charge in [-0.3, -0.25) is 10.1 Å². The van der Waals surface area contributed by atoms with Gasteiger partial charge in [0, 0.05) is 17.8 Å². The highest BCUT2D eigenvalue weighted by atomic mass is 16.5. The normalized spacial score (nSPS) is 17.1. The predicted octanol–water partition coefficient (Wildman–Crippen LogP) is 2.88. The predicted molar refractivity (Wildman–Crippen MR) is 77.1 cm³/mol. The molecule has 1 heterocycles. The second kappa shape index (κ2) is 6.41. The third-order valence-corrected chi connectivity index (χ3v) is 3.37. The molecule has 0 bridgehead atoms. The molecule has 0 fully saturated rings. The molecular weight excluding hydrogens is 256 g/mol. The Morgan fingerprint density at radius 3 is 3.05 bits per heavy atom. The highest BCUT2D eigenvalue weighted by Gasteiger charge is 2.22. The Morgan fingerprint density at radius 1 is 1.50 bits per heavy atom. The van der Waals surface area contributed by atoms with Gasteiger partial charge in [-0.05, 0) is 36.1 Å². The average Bonchev–Trinajstić information content (AvgIpc) is 2.43. The molecule has 1 unspecified atom stereocenters. The Balaban J connectivity index is 2.05. The van der Waals surface area contributed by atoms with Crippen LogP contribution in [-0.4, -0.2) is 25.2 Å². The molecular formula is C15H20N2O3. The molecule has 2 amide bonds. The number of nitrogens with one attached hydrogen (secondary N) is 2. The zero-order valence-electron chi connectivity index (χ0n) is 11.9. The number of carbonyl (C=O) groups is 2. The second-order valence-corrected chi connectivity index (χ2v) is 5.03. The molecule has 108 valence electrons. The molecule has 1 aromatic rings. The lowest BCUT2D eigenvalue weighted by Crippen LogP contribution is -2.34. The van der Waals surface area contributed by atoms with Crippen LogP contribution in [0.25, 0.3) is 0 Å². The van der Waals surface area contributed by atoms with Gasteiger partial charge < -0.3 is 10.1 Å². The molecule has 2 rings (SSSR count). The molecule has 0 aliphatic carbocycles. The molecule has 0 radical (unpaired) electrons. The van der Waals surface area contributed by atoms with Crippen LogP contribution in [0.5, 0.6) is 0 Å². The smallest absolute Gasteiger partial charge is 0.411 e. The molecule has 5 nitrogen and oxygen atoms in total. The van der Waals surface area contributed by atoms with E-state index in [1.54, 1.807) is 12.1 Å². The minimum absolute atomic E-state index is 0.0600. The minimum atomic E-state index is -0.452. The molecule has 0 saturated carbocycles. The van der Waals surface area contributed by atoms with Gasteiger partial charge in [0.2, 0.25) is 0 Å². The molecule has 0 saturated heterocycles. The summed E-state index contributed by atoms with van der Waals surface area (Å²) in [5.74, 6) is 0.177. The van der Waals surface area contributed by atoms with Crippen molar-refractivity contribution in [2.45, 2.75) is 32.6 Å². The van der Waals surface area contributed by atoms with Gasteiger partial charge in [0.25, 0.3) is 5.91 Å². The van der Waals surface area contributed by atoms with E-state index in [0.717, 1.165) is 18.4 Å². The Hall–Kier alpha value is -2.04. The molecule has 1 atom stereocenters. The average molecular weight is 276 g/mol. The van der Waals surface area contributed by atoms with E-state index in [9.17, 15) is 9.59 Å². The van der Waals surface area contributed by atoms with Crippen molar-refractivity contribution in [2.24, 2.45) is 0 Å². The topological polar surface area (TPSA) is 67.4 Å². The summed E-state index contributed by atoms with van der Waals surface area (Å²) in [5.41, 5.74) is 2.29. The maximum atomic E-state index is 11.7. The van der Waals surface area contributed by atoms with Crippen LogP contribution in [0.1, 0.15) is 48.5 Å². The van der Waals surface area contributed by atoms with Crippen molar-refractivity contribution in [3.8, 4) is 0 Å². The van der Waals surface area contributed by atoms with Crippen molar-refractivity contribution in [2.75, 3.05) is 18.5 Å². The lowest BCUT2D eigenvalue weighted by Gasteiger charge is -2.23. The van der Waals surface area contributed by atoms with Crippen molar-refractivity contribution < 1.29 is 14.3 Å². The quantitative estimate of drug-likeness (QED) is 0.831. The number of rotatable bonds is 4. The fourth-order valence-electron chi connectivity index (χ4n) is 2.17. The number of amides is 2. The first-order valence-electron chi connectivity index (χ1n) is 6.97. The van der Waals surface area contributed by atoms with Gasteiger partial charge in [0.05, 0.1) is 6.61 Å². The molecule has 0 spiro atoms. The minimum Gasteiger partial charge on any atom is -0.449 e. The Kier molecular flexibility index (Phi) is 4.61. The van der Waals surface area contributed by atoms with Crippen LogP contribution in [0, 0.1) is 0 Å². The first kappa shape index (κ1) is 14.4. The van der Waals surface area contributed by atoms with E-state index in [1.165, 1.54) is 0 Å². The van der Waals surface area contributed by atoms with E-state index in [-0.39, 0.29) is 11.8 Å². The molecule has 0 aromatic heterocycles. The van der Waals surface area contributed by atoms with Crippen LogP contribution < -0.4 is 10.6 Å². The van der Waals surface area contributed by atoms with E-state index in [1.807, 2.05) is 19.9 Å². The van der Waals surface area contributed by atoms with Gasteiger partial charge >= 0.3 is 6.09 Å². The lowest BCUT2D eigenvalue weighted by molar-refractivity contribution is 0.0941. The summed E-state index contributed by atoms with van der Waals surface area (Å²) < 4.78 is 5.05. The van der Waals surface area contributed by atoms with Crippen molar-refractivity contribution in [3.05, 3.63) is 29.3 Å². The number of benzene rings is 1. The third-order valence-electron chi connectivity index (χ3n) is 3.37. The van der Waals surface area contributed by atoms with Crippen molar-refractivity contribution in [1.29, 1.82) is 0 Å². The van der Waals surface area contributed by atoms with Crippen molar-refractivity contribution >= 4 is 17.7 Å². The number of fused-ring (bicyclic) bond motifs is 1. The fraction of sp³-hybridized carbons (Fsp3) is 0.467. The highest BCUT2D eigenvalue weighted by Crippen LogP contribution is 2.26. The van der Waals surface area contributed by atoms with Gasteiger partial charge in [-0.1, -0.05) is 20.3 Å². The van der Waals surface area contributed by atoms with Gasteiger partial charge in [-0.2, -0.15) is 0 Å². The molecule has 1 aliphatic heterocycles. The zero-order chi connectivity index (χ0) is 14.5. The van der Waals surface area contributed by atoms with Crippen LogP contribution in [-0.2, 0) is 4.74 Å². The first-order valence-corrected chi connectivity index (χ1v) is 6.97. The standard InChI is InChI=1S/C15H20N2O3/c1-3-4-7-20-15(19)17-11-5-6-12-13(8-11)10(2)9-16-14(12)18/h5-6,8,10H,3-4,7,9H2,1-2H3,(H,16,18)(H,17,19). The number of hydrogen-bond donors (Lipinski definition) is 2. The van der Waals surface area contributed by atoms with Crippen LogP contribution >= 0.6 is 0 Å². The van der Waals surface area contributed by atoms with E-state index in [0.29, 0.717) is 24.4 Å². The van der Waals surface area contributed by atoms with Crippen LogP contribution in [0.2, 0.25) is 0 Å². The number of anilines is 1. The van der Waals surface area contributed by atoms with Crippen LogP contribution in [0.15, 0.2) is 18.2 Å². The van der Waals surface area contributed by atoms with Gasteiger partial charge in [-0.25, -0.2) is 4.79 Å². The van der Waals surface area contributed by atoms with Gasteiger partial charge in [0.15, 0.2) is 0 Å². The van der Waals surface area contributed by atoms with E-state index in [2.05, 4.69) is 10.6 Å². The van der Waals surface area contributed by atoms with Crippen molar-refractivity contribution in [1.82, 2.24) is 5.32 Å². The molecule has 1 aliphatic rings. The summed E-state index contributed by atoms with van der Waals surface area (Å²) in [7, 11) is 0. The SMILES string of the molecule is CCCCOC(=O)Nc1ccc2c(c1)C(C)CNC2=O.